The number of hydrogen-bond acceptors (Lipinski definition) is 6. The van der Waals surface area contributed by atoms with Crippen LogP contribution in [-0.2, 0) is 9.47 Å². The minimum Gasteiger partial charge on any atom is -0.366 e. The first-order valence-electron chi connectivity index (χ1n) is 5.24. The van der Waals surface area contributed by atoms with Crippen molar-refractivity contribution in [3.05, 3.63) is 5.82 Å². The van der Waals surface area contributed by atoms with Gasteiger partial charge in [-0.2, -0.15) is 4.98 Å². The van der Waals surface area contributed by atoms with Crippen molar-refractivity contribution in [3.63, 3.8) is 0 Å². The highest BCUT2D eigenvalue weighted by atomic mass is 16.7. The molecule has 94 valence electrons. The average Bonchev–Trinajstić information content (AvgIpc) is 2.81. The van der Waals surface area contributed by atoms with Gasteiger partial charge in [-0.05, 0) is 13.8 Å². The lowest BCUT2D eigenvalue weighted by Crippen LogP contribution is -2.34. The highest BCUT2D eigenvalue weighted by molar-refractivity contribution is 5.90. The van der Waals surface area contributed by atoms with Crippen LogP contribution < -0.4 is 11.1 Å². The largest absolute Gasteiger partial charge is 0.366 e. The molecule has 0 bridgehead atoms. The molecule has 0 aliphatic carbocycles. The summed E-state index contributed by atoms with van der Waals surface area (Å²) in [5, 5.41) is 8.65. The smallest absolute Gasteiger partial charge is 0.288 e. The topological polar surface area (TPSA) is 115 Å². The zero-order valence-electron chi connectivity index (χ0n) is 9.69. The van der Waals surface area contributed by atoms with E-state index in [1.807, 2.05) is 13.8 Å². The molecule has 1 saturated heterocycles. The van der Waals surface area contributed by atoms with Crippen molar-refractivity contribution < 1.29 is 14.3 Å². The van der Waals surface area contributed by atoms with E-state index in [1.165, 1.54) is 0 Å². The van der Waals surface area contributed by atoms with Gasteiger partial charge in [-0.1, -0.05) is 0 Å². The molecule has 1 aromatic rings. The third-order valence-corrected chi connectivity index (χ3v) is 2.28. The first-order valence-corrected chi connectivity index (χ1v) is 5.24. The minimum atomic E-state index is -0.591. The monoisotopic (exact) mass is 241 g/mol. The molecule has 1 atom stereocenters. The highest BCUT2D eigenvalue weighted by Crippen LogP contribution is 2.21. The Balaban J connectivity index is 1.81. The summed E-state index contributed by atoms with van der Waals surface area (Å²) in [4.78, 5) is 15.3. The van der Waals surface area contributed by atoms with Crippen LogP contribution in [0.1, 0.15) is 24.5 Å². The molecule has 1 aromatic heterocycles. The molecule has 1 aliphatic rings. The lowest BCUT2D eigenvalue weighted by Gasteiger charge is -2.17. The molecule has 0 saturated carbocycles. The first-order chi connectivity index (χ1) is 7.96. The number of ether oxygens (including phenoxy) is 2. The third kappa shape index (κ3) is 2.92. The van der Waals surface area contributed by atoms with Crippen molar-refractivity contribution in [3.8, 4) is 0 Å². The SMILES string of the molecule is CC1(C)OCC(CNC(=O)c2nc(N)n[nH]2)O1. The Morgan fingerprint density at radius 1 is 1.71 bits per heavy atom. The van der Waals surface area contributed by atoms with E-state index in [4.69, 9.17) is 15.2 Å². The summed E-state index contributed by atoms with van der Waals surface area (Å²) >= 11 is 0. The summed E-state index contributed by atoms with van der Waals surface area (Å²) in [7, 11) is 0. The predicted octanol–water partition coefficient (Wildman–Crippen LogP) is -0.732. The van der Waals surface area contributed by atoms with Gasteiger partial charge in [0, 0.05) is 6.54 Å². The standard InChI is InChI=1S/C9H15N5O3/c1-9(2)16-4-5(17-9)3-11-7(15)6-12-8(10)14-13-6/h5H,3-4H2,1-2H3,(H,11,15)(H3,10,12,13,14). The lowest BCUT2D eigenvalue weighted by molar-refractivity contribution is -0.137. The van der Waals surface area contributed by atoms with Gasteiger partial charge in [0.1, 0.15) is 6.10 Å². The molecular formula is C9H15N5O3. The number of carbonyl (C=O) groups is 1. The summed E-state index contributed by atoms with van der Waals surface area (Å²) in [5.74, 6) is -0.841. The number of carbonyl (C=O) groups excluding carboxylic acids is 1. The van der Waals surface area contributed by atoms with Crippen molar-refractivity contribution >= 4 is 11.9 Å². The third-order valence-electron chi connectivity index (χ3n) is 2.28. The maximum Gasteiger partial charge on any atom is 0.288 e. The number of H-pyrrole nitrogens is 1. The molecular weight excluding hydrogens is 226 g/mol. The van der Waals surface area contributed by atoms with Crippen LogP contribution in [-0.4, -0.2) is 46.1 Å². The van der Waals surface area contributed by atoms with Gasteiger partial charge in [-0.15, -0.1) is 5.10 Å². The van der Waals surface area contributed by atoms with E-state index >= 15 is 0 Å². The second-order valence-corrected chi connectivity index (χ2v) is 4.20. The Labute approximate surface area is 97.9 Å². The van der Waals surface area contributed by atoms with E-state index in [-0.39, 0.29) is 23.8 Å². The molecule has 0 radical (unpaired) electrons. The van der Waals surface area contributed by atoms with Gasteiger partial charge in [-0.25, -0.2) is 0 Å². The fourth-order valence-corrected chi connectivity index (χ4v) is 1.53. The molecule has 2 rings (SSSR count). The van der Waals surface area contributed by atoms with E-state index in [1.54, 1.807) is 0 Å². The molecule has 1 aliphatic heterocycles. The first kappa shape index (κ1) is 11.8. The maximum atomic E-state index is 11.6. The van der Waals surface area contributed by atoms with Gasteiger partial charge in [-0.3, -0.25) is 9.89 Å². The summed E-state index contributed by atoms with van der Waals surface area (Å²) < 4.78 is 10.9. The summed E-state index contributed by atoms with van der Waals surface area (Å²) in [6, 6.07) is 0. The van der Waals surface area contributed by atoms with Gasteiger partial charge >= 0.3 is 0 Å². The molecule has 17 heavy (non-hydrogen) atoms. The lowest BCUT2D eigenvalue weighted by atomic mass is 10.3. The summed E-state index contributed by atoms with van der Waals surface area (Å²) in [6.45, 7) is 4.45. The van der Waals surface area contributed by atoms with Crippen molar-refractivity contribution in [2.24, 2.45) is 0 Å². The minimum absolute atomic E-state index is 0.0386. The molecule has 4 N–H and O–H groups in total. The number of aromatic amines is 1. The molecule has 1 amide bonds. The van der Waals surface area contributed by atoms with Crippen molar-refractivity contribution in [1.82, 2.24) is 20.5 Å². The molecule has 1 unspecified atom stereocenters. The fraction of sp³-hybridized carbons (Fsp3) is 0.667. The van der Waals surface area contributed by atoms with E-state index < -0.39 is 5.79 Å². The second-order valence-electron chi connectivity index (χ2n) is 4.20. The van der Waals surface area contributed by atoms with Crippen LogP contribution in [0.15, 0.2) is 0 Å². The molecule has 0 aromatic carbocycles. The van der Waals surface area contributed by atoms with Gasteiger partial charge in [0.15, 0.2) is 5.79 Å². The van der Waals surface area contributed by atoms with Gasteiger partial charge in [0.2, 0.25) is 11.8 Å². The van der Waals surface area contributed by atoms with E-state index in [0.29, 0.717) is 13.2 Å². The zero-order chi connectivity index (χ0) is 12.5. The second kappa shape index (κ2) is 4.30. The van der Waals surface area contributed by atoms with Gasteiger partial charge in [0.05, 0.1) is 6.61 Å². The van der Waals surface area contributed by atoms with Crippen molar-refractivity contribution in [2.45, 2.75) is 25.7 Å². The van der Waals surface area contributed by atoms with Crippen LogP contribution in [0, 0.1) is 0 Å². The van der Waals surface area contributed by atoms with Gasteiger partial charge < -0.3 is 20.5 Å². The quantitative estimate of drug-likeness (QED) is 0.642. The number of aromatic nitrogens is 3. The number of hydrogen-bond donors (Lipinski definition) is 3. The van der Waals surface area contributed by atoms with Crippen LogP contribution in [0.5, 0.6) is 0 Å². The average molecular weight is 241 g/mol. The van der Waals surface area contributed by atoms with E-state index in [0.717, 1.165) is 0 Å². The molecule has 0 spiro atoms. The van der Waals surface area contributed by atoms with E-state index in [9.17, 15) is 4.79 Å². The normalized spacial score (nSPS) is 22.6. The highest BCUT2D eigenvalue weighted by Gasteiger charge is 2.32. The molecule has 8 nitrogen and oxygen atoms in total. The van der Waals surface area contributed by atoms with Crippen LogP contribution in [0.4, 0.5) is 5.95 Å². The number of nitrogen functional groups attached to an aromatic ring is 1. The van der Waals surface area contributed by atoms with Crippen molar-refractivity contribution in [2.75, 3.05) is 18.9 Å². The Hall–Kier alpha value is -1.67. The Morgan fingerprint density at radius 3 is 3.00 bits per heavy atom. The number of nitrogens with zero attached hydrogens (tertiary/aromatic N) is 2. The predicted molar refractivity (Wildman–Crippen MR) is 58.0 cm³/mol. The summed E-state index contributed by atoms with van der Waals surface area (Å²) in [5.41, 5.74) is 5.29. The van der Waals surface area contributed by atoms with Crippen LogP contribution in [0.25, 0.3) is 0 Å². The fourth-order valence-electron chi connectivity index (χ4n) is 1.53. The van der Waals surface area contributed by atoms with Crippen LogP contribution >= 0.6 is 0 Å². The van der Waals surface area contributed by atoms with Crippen LogP contribution in [0.3, 0.4) is 0 Å². The number of anilines is 1. The van der Waals surface area contributed by atoms with Crippen molar-refractivity contribution in [1.29, 1.82) is 0 Å². The Morgan fingerprint density at radius 2 is 2.47 bits per heavy atom. The number of nitrogens with one attached hydrogen (secondary N) is 2. The number of nitrogens with two attached hydrogens (primary N) is 1. The molecule has 8 heteroatoms. The van der Waals surface area contributed by atoms with E-state index in [2.05, 4.69) is 20.5 Å². The number of rotatable bonds is 3. The Bertz CT molecular complexity index is 417. The number of amides is 1. The molecule has 1 fully saturated rings. The summed E-state index contributed by atoms with van der Waals surface area (Å²) in [6.07, 6.45) is -0.158. The zero-order valence-corrected chi connectivity index (χ0v) is 9.69. The van der Waals surface area contributed by atoms with Gasteiger partial charge in [0.25, 0.3) is 5.91 Å². The Kier molecular flexibility index (Phi) is 2.99. The van der Waals surface area contributed by atoms with Crippen LogP contribution in [0.2, 0.25) is 0 Å². The maximum absolute atomic E-state index is 11.6. The molecule has 2 heterocycles.